The van der Waals surface area contributed by atoms with Crippen LogP contribution in [-0.4, -0.2) is 54.2 Å². The number of nitrogens with zero attached hydrogens (tertiary/aromatic N) is 2. The van der Waals surface area contributed by atoms with E-state index in [0.29, 0.717) is 18.5 Å². The smallest absolute Gasteiger partial charge is 0.339 e. The largest absolute Gasteiger partial charge is 0.465 e. The summed E-state index contributed by atoms with van der Waals surface area (Å²) in [6.07, 6.45) is 1.53. The number of methoxy groups -OCH3 is 1. The molecule has 7 nitrogen and oxygen atoms in total. The van der Waals surface area contributed by atoms with Crippen LogP contribution in [0.5, 0.6) is 0 Å². The zero-order valence-corrected chi connectivity index (χ0v) is 17.4. The van der Waals surface area contributed by atoms with E-state index in [0.717, 1.165) is 11.3 Å². The summed E-state index contributed by atoms with van der Waals surface area (Å²) >= 11 is 0. The van der Waals surface area contributed by atoms with Crippen molar-refractivity contribution in [2.45, 2.75) is 24.9 Å². The number of carbonyl (C=O) groups is 4. The molecule has 4 atom stereocenters. The normalized spacial score (nSPS) is 26.9. The molecule has 164 valence electrons. The van der Waals surface area contributed by atoms with Gasteiger partial charge in [0.2, 0.25) is 11.8 Å². The number of ether oxygens (including phenoxy) is 1. The van der Waals surface area contributed by atoms with Gasteiger partial charge in [0.05, 0.1) is 36.2 Å². The highest BCUT2D eigenvalue weighted by molar-refractivity contribution is 6.26. The Kier molecular flexibility index (Phi) is 4.89. The van der Waals surface area contributed by atoms with Crippen LogP contribution in [0.1, 0.15) is 33.6 Å². The molecule has 2 aromatic rings. The molecule has 0 saturated carbocycles. The third-order valence-corrected chi connectivity index (χ3v) is 6.80. The maximum Gasteiger partial charge on any atom is 0.339 e. The molecular weight excluding hydrogens is 415 g/mol. The average molecular weight is 436 g/mol. The van der Waals surface area contributed by atoms with E-state index in [1.807, 2.05) is 4.90 Å². The number of rotatable bonds is 4. The van der Waals surface area contributed by atoms with Gasteiger partial charge in [0.1, 0.15) is 5.82 Å². The number of fused-ring (bicyclic) bond motifs is 3. The third kappa shape index (κ3) is 2.90. The number of Topliss-reactive ketones (excluding diaryl/α,β-unsaturated/α-hetero) is 1. The number of esters is 1. The molecule has 3 fully saturated rings. The Morgan fingerprint density at radius 2 is 1.69 bits per heavy atom. The summed E-state index contributed by atoms with van der Waals surface area (Å²) in [5, 5.41) is 0. The number of anilines is 1. The Labute approximate surface area is 183 Å². The predicted octanol–water partition coefficient (Wildman–Crippen LogP) is 2.45. The summed E-state index contributed by atoms with van der Waals surface area (Å²) in [6, 6.07) is 10.5. The van der Waals surface area contributed by atoms with Gasteiger partial charge in [0.15, 0.2) is 5.78 Å². The first-order chi connectivity index (χ1) is 15.4. The van der Waals surface area contributed by atoms with Gasteiger partial charge in [-0.3, -0.25) is 19.3 Å². The van der Waals surface area contributed by atoms with Crippen LogP contribution in [0.25, 0.3) is 0 Å². The number of para-hydroxylation sites is 1. The van der Waals surface area contributed by atoms with E-state index in [4.69, 9.17) is 4.74 Å². The van der Waals surface area contributed by atoms with Crippen molar-refractivity contribution in [2.24, 2.45) is 11.8 Å². The average Bonchev–Trinajstić information content (AvgIpc) is 3.45. The fourth-order valence-corrected chi connectivity index (χ4v) is 5.49. The molecule has 3 heterocycles. The molecule has 3 aliphatic rings. The first kappa shape index (κ1) is 20.5. The minimum atomic E-state index is -0.851. The van der Waals surface area contributed by atoms with Crippen LogP contribution in [0, 0.1) is 17.7 Å². The zero-order chi connectivity index (χ0) is 22.6. The molecule has 0 unspecified atom stereocenters. The summed E-state index contributed by atoms with van der Waals surface area (Å²) < 4.78 is 18.2. The van der Waals surface area contributed by atoms with Crippen LogP contribution < -0.4 is 4.90 Å². The van der Waals surface area contributed by atoms with E-state index < -0.39 is 41.5 Å². The fraction of sp³-hybridized carbons (Fsp3) is 0.333. The predicted molar refractivity (Wildman–Crippen MR) is 112 cm³/mol. The van der Waals surface area contributed by atoms with E-state index in [1.165, 1.54) is 43.5 Å². The Morgan fingerprint density at radius 3 is 2.41 bits per heavy atom. The van der Waals surface area contributed by atoms with Crippen molar-refractivity contribution in [1.82, 2.24) is 4.90 Å². The lowest BCUT2D eigenvalue weighted by molar-refractivity contribution is -0.123. The van der Waals surface area contributed by atoms with Gasteiger partial charge in [-0.05, 0) is 55.8 Å². The minimum Gasteiger partial charge on any atom is -0.465 e. The van der Waals surface area contributed by atoms with Gasteiger partial charge in [-0.1, -0.05) is 12.1 Å². The number of hydrogen-bond donors (Lipinski definition) is 0. The Morgan fingerprint density at radius 1 is 1.00 bits per heavy atom. The van der Waals surface area contributed by atoms with Gasteiger partial charge >= 0.3 is 5.97 Å². The topological polar surface area (TPSA) is 84.0 Å². The van der Waals surface area contributed by atoms with E-state index in [9.17, 15) is 23.6 Å². The number of hydrogen-bond acceptors (Lipinski definition) is 6. The quantitative estimate of drug-likeness (QED) is 0.416. The molecule has 2 amide bonds. The Hall–Kier alpha value is -3.39. The maximum atomic E-state index is 13.6. The second-order valence-electron chi connectivity index (χ2n) is 8.34. The van der Waals surface area contributed by atoms with Crippen LogP contribution in [-0.2, 0) is 14.3 Å². The Bertz CT molecular complexity index is 1130. The minimum absolute atomic E-state index is 0.112. The molecule has 0 N–H and O–H groups in total. The Balaban J connectivity index is 1.56. The number of benzene rings is 2. The fourth-order valence-electron chi connectivity index (χ4n) is 5.49. The number of imide groups is 1. The summed E-state index contributed by atoms with van der Waals surface area (Å²) in [4.78, 5) is 55.8. The molecule has 0 aliphatic carbocycles. The monoisotopic (exact) mass is 436 g/mol. The SMILES string of the molecule is COC(=O)c1ccccc1N1C(=O)[C@@H]2[C@H](C1=O)[C@H]1CCCN1[C@@H]2C(=O)c1ccc(F)cc1. The summed E-state index contributed by atoms with van der Waals surface area (Å²) in [5.41, 5.74) is 0.582. The molecule has 3 aliphatic heterocycles. The van der Waals surface area contributed by atoms with E-state index in [-0.39, 0.29) is 23.1 Å². The maximum absolute atomic E-state index is 13.6. The van der Waals surface area contributed by atoms with Gasteiger partial charge in [0.25, 0.3) is 0 Å². The van der Waals surface area contributed by atoms with Crippen molar-refractivity contribution < 1.29 is 28.3 Å². The van der Waals surface area contributed by atoms with Gasteiger partial charge in [-0.2, -0.15) is 0 Å². The molecule has 5 rings (SSSR count). The summed E-state index contributed by atoms with van der Waals surface area (Å²) in [5.74, 6) is -3.81. The number of carbonyl (C=O) groups excluding carboxylic acids is 4. The standard InChI is InChI=1S/C24H21FN2O5/c1-32-24(31)15-5-2-3-6-16(15)27-22(29)18-17-7-4-12-26(17)20(19(18)23(27)30)21(28)13-8-10-14(25)11-9-13/h2-3,5-6,8-11,17-20H,4,7,12H2,1H3/t17-,18-,19-,20+/m1/s1. The number of halogens is 1. The van der Waals surface area contributed by atoms with Gasteiger partial charge in [-0.25, -0.2) is 14.1 Å². The molecule has 3 saturated heterocycles. The third-order valence-electron chi connectivity index (χ3n) is 6.80. The lowest BCUT2D eigenvalue weighted by Crippen LogP contribution is -2.46. The lowest BCUT2D eigenvalue weighted by atomic mass is 9.85. The van der Waals surface area contributed by atoms with Gasteiger partial charge in [0, 0.05) is 11.6 Å². The molecule has 32 heavy (non-hydrogen) atoms. The first-order valence-electron chi connectivity index (χ1n) is 10.5. The van der Waals surface area contributed by atoms with Crippen molar-refractivity contribution in [3.63, 3.8) is 0 Å². The summed E-state index contributed by atoms with van der Waals surface area (Å²) in [7, 11) is 1.23. The molecule has 0 bridgehead atoms. The van der Waals surface area contributed by atoms with E-state index in [1.54, 1.807) is 12.1 Å². The van der Waals surface area contributed by atoms with Crippen LogP contribution in [0.2, 0.25) is 0 Å². The van der Waals surface area contributed by atoms with Gasteiger partial charge in [-0.15, -0.1) is 0 Å². The van der Waals surface area contributed by atoms with E-state index >= 15 is 0 Å². The van der Waals surface area contributed by atoms with Crippen molar-refractivity contribution in [2.75, 3.05) is 18.6 Å². The second-order valence-corrected chi connectivity index (χ2v) is 8.34. The van der Waals surface area contributed by atoms with Crippen LogP contribution in [0.15, 0.2) is 48.5 Å². The molecule has 0 aromatic heterocycles. The van der Waals surface area contributed by atoms with Crippen molar-refractivity contribution in [3.05, 3.63) is 65.5 Å². The first-order valence-corrected chi connectivity index (χ1v) is 10.5. The lowest BCUT2D eigenvalue weighted by Gasteiger charge is -2.28. The van der Waals surface area contributed by atoms with Crippen LogP contribution >= 0.6 is 0 Å². The number of amides is 2. The van der Waals surface area contributed by atoms with Crippen molar-refractivity contribution in [1.29, 1.82) is 0 Å². The summed E-state index contributed by atoms with van der Waals surface area (Å²) in [6.45, 7) is 0.620. The van der Waals surface area contributed by atoms with Crippen molar-refractivity contribution >= 4 is 29.3 Å². The molecular formula is C24H21FN2O5. The number of ketones is 1. The van der Waals surface area contributed by atoms with E-state index in [2.05, 4.69) is 0 Å². The highest BCUT2D eigenvalue weighted by atomic mass is 19.1. The van der Waals surface area contributed by atoms with Crippen LogP contribution in [0.3, 0.4) is 0 Å². The molecule has 2 aromatic carbocycles. The van der Waals surface area contributed by atoms with Crippen molar-refractivity contribution in [3.8, 4) is 0 Å². The van der Waals surface area contributed by atoms with Gasteiger partial charge < -0.3 is 4.74 Å². The zero-order valence-electron chi connectivity index (χ0n) is 17.4. The molecule has 0 spiro atoms. The van der Waals surface area contributed by atoms with Crippen LogP contribution in [0.4, 0.5) is 10.1 Å². The second kappa shape index (κ2) is 7.63. The highest BCUT2D eigenvalue weighted by Gasteiger charge is 2.65. The molecule has 0 radical (unpaired) electrons. The molecule has 8 heteroatoms. The highest BCUT2D eigenvalue weighted by Crippen LogP contribution is 2.48.